The Labute approximate surface area is 165 Å². The minimum Gasteiger partial charge on any atom is -0.353 e. The molecule has 3 N–H and O–H groups in total. The van der Waals surface area contributed by atoms with E-state index in [0.29, 0.717) is 18.5 Å². The summed E-state index contributed by atoms with van der Waals surface area (Å²) in [6.07, 6.45) is 3.80. The van der Waals surface area contributed by atoms with E-state index in [-0.39, 0.29) is 11.8 Å². The van der Waals surface area contributed by atoms with E-state index in [4.69, 9.17) is 0 Å². The zero-order valence-electron chi connectivity index (χ0n) is 15.9. The molecular formula is C21H27N5O2. The molecule has 28 heavy (non-hydrogen) atoms. The Morgan fingerprint density at radius 2 is 1.89 bits per heavy atom. The largest absolute Gasteiger partial charge is 0.353 e. The van der Waals surface area contributed by atoms with Crippen LogP contribution in [0, 0.1) is 0 Å². The first-order valence-corrected chi connectivity index (χ1v) is 9.68. The van der Waals surface area contributed by atoms with Crippen molar-refractivity contribution in [3.8, 4) is 0 Å². The SMILES string of the molecule is O=C(NC(Cc1cccnc1)C(=O)NCCN1CCNCC1)c1ccccc1. The van der Waals surface area contributed by atoms with Crippen molar-refractivity contribution in [1.29, 1.82) is 0 Å². The standard InChI is InChI=1S/C21H27N5O2/c27-20(18-6-2-1-3-7-18)25-19(15-17-5-4-8-23-16-17)21(28)24-11-14-26-12-9-22-10-13-26/h1-8,16,19,22H,9-15H2,(H,24,28)(H,25,27). The van der Waals surface area contributed by atoms with Crippen LogP contribution >= 0.6 is 0 Å². The summed E-state index contributed by atoms with van der Waals surface area (Å²) < 4.78 is 0. The van der Waals surface area contributed by atoms with Crippen molar-refractivity contribution >= 4 is 11.8 Å². The zero-order valence-corrected chi connectivity index (χ0v) is 15.9. The molecular weight excluding hydrogens is 354 g/mol. The summed E-state index contributed by atoms with van der Waals surface area (Å²) >= 11 is 0. The number of aromatic nitrogens is 1. The molecule has 1 unspecified atom stereocenters. The first-order chi connectivity index (χ1) is 13.7. The molecule has 1 aliphatic heterocycles. The van der Waals surface area contributed by atoms with E-state index in [2.05, 4.69) is 25.8 Å². The Bertz CT molecular complexity index is 748. The monoisotopic (exact) mass is 381 g/mol. The number of nitrogens with zero attached hydrogens (tertiary/aromatic N) is 2. The lowest BCUT2D eigenvalue weighted by atomic mass is 10.1. The van der Waals surface area contributed by atoms with E-state index < -0.39 is 6.04 Å². The number of hydrogen-bond acceptors (Lipinski definition) is 5. The average molecular weight is 381 g/mol. The third-order valence-corrected chi connectivity index (χ3v) is 4.76. The Morgan fingerprint density at radius 3 is 2.61 bits per heavy atom. The first kappa shape index (κ1) is 20.0. The van der Waals surface area contributed by atoms with Crippen LogP contribution in [0.2, 0.25) is 0 Å². The second kappa shape index (κ2) is 10.5. The van der Waals surface area contributed by atoms with E-state index in [1.165, 1.54) is 0 Å². The number of hydrogen-bond donors (Lipinski definition) is 3. The van der Waals surface area contributed by atoms with Gasteiger partial charge in [0, 0.05) is 63.6 Å². The molecule has 1 fully saturated rings. The summed E-state index contributed by atoms with van der Waals surface area (Å²) in [7, 11) is 0. The lowest BCUT2D eigenvalue weighted by Gasteiger charge is -2.27. The molecule has 3 rings (SSSR count). The number of piperazine rings is 1. The molecule has 7 heteroatoms. The molecule has 7 nitrogen and oxygen atoms in total. The van der Waals surface area contributed by atoms with Gasteiger partial charge in [-0.1, -0.05) is 24.3 Å². The van der Waals surface area contributed by atoms with Crippen LogP contribution in [0.1, 0.15) is 15.9 Å². The molecule has 0 saturated carbocycles. The van der Waals surface area contributed by atoms with Crippen LogP contribution in [0.4, 0.5) is 0 Å². The molecule has 1 saturated heterocycles. The van der Waals surface area contributed by atoms with Gasteiger partial charge in [0.05, 0.1) is 0 Å². The van der Waals surface area contributed by atoms with Gasteiger partial charge in [0.25, 0.3) is 5.91 Å². The molecule has 2 aromatic rings. The topological polar surface area (TPSA) is 86.4 Å². The third-order valence-electron chi connectivity index (χ3n) is 4.76. The Hall–Kier alpha value is -2.77. The van der Waals surface area contributed by atoms with Crippen LogP contribution in [0.15, 0.2) is 54.9 Å². The van der Waals surface area contributed by atoms with E-state index in [1.54, 1.807) is 36.7 Å². The van der Waals surface area contributed by atoms with Crippen LogP contribution in [-0.2, 0) is 11.2 Å². The molecule has 0 radical (unpaired) electrons. The Morgan fingerprint density at radius 1 is 1.11 bits per heavy atom. The number of benzene rings is 1. The highest BCUT2D eigenvalue weighted by molar-refractivity contribution is 5.97. The van der Waals surface area contributed by atoms with Crippen LogP contribution in [0.5, 0.6) is 0 Å². The molecule has 0 spiro atoms. The van der Waals surface area contributed by atoms with Gasteiger partial charge in [-0.15, -0.1) is 0 Å². The summed E-state index contributed by atoms with van der Waals surface area (Å²) in [5.41, 5.74) is 1.44. The average Bonchev–Trinajstić information content (AvgIpc) is 2.75. The Kier molecular flexibility index (Phi) is 7.52. The van der Waals surface area contributed by atoms with Gasteiger partial charge < -0.3 is 16.0 Å². The summed E-state index contributed by atoms with van der Waals surface area (Å²) in [4.78, 5) is 31.7. The highest BCUT2D eigenvalue weighted by Gasteiger charge is 2.22. The fourth-order valence-electron chi connectivity index (χ4n) is 3.19. The molecule has 2 heterocycles. The van der Waals surface area contributed by atoms with Crippen molar-refractivity contribution in [2.24, 2.45) is 0 Å². The van der Waals surface area contributed by atoms with Crippen LogP contribution in [0.25, 0.3) is 0 Å². The van der Waals surface area contributed by atoms with Crippen molar-refractivity contribution in [3.63, 3.8) is 0 Å². The molecule has 1 aromatic heterocycles. The predicted molar refractivity (Wildman–Crippen MR) is 108 cm³/mol. The number of carbonyl (C=O) groups excluding carboxylic acids is 2. The fraction of sp³-hybridized carbons (Fsp3) is 0.381. The normalized spacial score (nSPS) is 15.6. The van der Waals surface area contributed by atoms with E-state index in [0.717, 1.165) is 38.3 Å². The van der Waals surface area contributed by atoms with Crippen LogP contribution in [0.3, 0.4) is 0 Å². The first-order valence-electron chi connectivity index (χ1n) is 9.68. The van der Waals surface area contributed by atoms with E-state index >= 15 is 0 Å². The van der Waals surface area contributed by atoms with Crippen molar-refractivity contribution in [3.05, 3.63) is 66.0 Å². The number of amides is 2. The molecule has 1 atom stereocenters. The number of pyridine rings is 1. The Balaban J connectivity index is 1.59. The second-order valence-electron chi connectivity index (χ2n) is 6.84. The molecule has 0 aliphatic carbocycles. The predicted octanol–water partition coefficient (Wildman–Crippen LogP) is 0.444. The second-order valence-corrected chi connectivity index (χ2v) is 6.84. The highest BCUT2D eigenvalue weighted by atomic mass is 16.2. The van der Waals surface area contributed by atoms with Gasteiger partial charge in [0.15, 0.2) is 0 Å². The van der Waals surface area contributed by atoms with Crippen LogP contribution in [-0.4, -0.2) is 67.0 Å². The van der Waals surface area contributed by atoms with Crippen molar-refractivity contribution in [1.82, 2.24) is 25.8 Å². The lowest BCUT2D eigenvalue weighted by Crippen LogP contribution is -2.50. The van der Waals surface area contributed by atoms with E-state index in [9.17, 15) is 9.59 Å². The number of rotatable bonds is 8. The van der Waals surface area contributed by atoms with Gasteiger partial charge in [0.2, 0.25) is 5.91 Å². The summed E-state index contributed by atoms with van der Waals surface area (Å²) in [6, 6.07) is 12.0. The molecule has 0 bridgehead atoms. The quantitative estimate of drug-likeness (QED) is 0.618. The molecule has 1 aromatic carbocycles. The molecule has 2 amide bonds. The van der Waals surface area contributed by atoms with Gasteiger partial charge in [-0.05, 0) is 23.8 Å². The highest BCUT2D eigenvalue weighted by Crippen LogP contribution is 2.05. The minimum atomic E-state index is -0.653. The van der Waals surface area contributed by atoms with Gasteiger partial charge in [-0.25, -0.2) is 0 Å². The van der Waals surface area contributed by atoms with Crippen molar-refractivity contribution < 1.29 is 9.59 Å². The lowest BCUT2D eigenvalue weighted by molar-refractivity contribution is -0.123. The van der Waals surface area contributed by atoms with E-state index in [1.807, 2.05) is 18.2 Å². The summed E-state index contributed by atoms with van der Waals surface area (Å²) in [5.74, 6) is -0.435. The van der Waals surface area contributed by atoms with Gasteiger partial charge in [0.1, 0.15) is 6.04 Å². The van der Waals surface area contributed by atoms with Gasteiger partial charge in [-0.2, -0.15) is 0 Å². The van der Waals surface area contributed by atoms with Gasteiger partial charge in [-0.3, -0.25) is 19.5 Å². The fourth-order valence-corrected chi connectivity index (χ4v) is 3.19. The third kappa shape index (κ3) is 6.14. The number of nitrogens with one attached hydrogen (secondary N) is 3. The van der Waals surface area contributed by atoms with Crippen molar-refractivity contribution in [2.45, 2.75) is 12.5 Å². The smallest absolute Gasteiger partial charge is 0.251 e. The number of carbonyl (C=O) groups is 2. The van der Waals surface area contributed by atoms with Crippen molar-refractivity contribution in [2.75, 3.05) is 39.3 Å². The van der Waals surface area contributed by atoms with Crippen LogP contribution < -0.4 is 16.0 Å². The molecule has 1 aliphatic rings. The zero-order chi connectivity index (χ0) is 19.6. The minimum absolute atomic E-state index is 0.178. The van der Waals surface area contributed by atoms with Gasteiger partial charge >= 0.3 is 0 Å². The maximum Gasteiger partial charge on any atom is 0.251 e. The maximum absolute atomic E-state index is 12.8. The maximum atomic E-state index is 12.8. The summed E-state index contributed by atoms with van der Waals surface area (Å²) in [5, 5.41) is 9.15. The summed E-state index contributed by atoms with van der Waals surface area (Å²) in [6.45, 7) is 5.29. The molecule has 148 valence electrons.